The number of para-hydroxylation sites is 1. The van der Waals surface area contributed by atoms with Crippen molar-refractivity contribution in [3.05, 3.63) is 102 Å². The minimum absolute atomic E-state index is 0.0366. The lowest BCUT2D eigenvalue weighted by molar-refractivity contribution is 0.0945. The molecular formula is C26H23N5O3. The van der Waals surface area contributed by atoms with Gasteiger partial charge in [0.2, 0.25) is 0 Å². The quantitative estimate of drug-likeness (QED) is 0.392. The third-order valence-corrected chi connectivity index (χ3v) is 5.02. The predicted molar refractivity (Wildman–Crippen MR) is 129 cm³/mol. The fraction of sp³-hybridized carbons (Fsp3) is 0.0769. The fourth-order valence-electron chi connectivity index (χ4n) is 3.23. The van der Waals surface area contributed by atoms with Gasteiger partial charge in [0.05, 0.1) is 11.9 Å². The molecule has 8 heteroatoms. The molecule has 0 radical (unpaired) electrons. The Kier molecular flexibility index (Phi) is 6.78. The number of carbonyl (C=O) groups is 2. The van der Waals surface area contributed by atoms with Crippen molar-refractivity contribution in [3.63, 3.8) is 0 Å². The van der Waals surface area contributed by atoms with Gasteiger partial charge in [-0.15, -0.1) is 0 Å². The summed E-state index contributed by atoms with van der Waals surface area (Å²) in [5, 5.41) is 5.40. The SMILES string of the molecule is CNC(=O)c1nc(-c2cccc(C(=O)NCc3ccc(Oc4ccccc4)cc3)c2)cnc1N. The molecule has 170 valence electrons. The Hall–Kier alpha value is -4.72. The average molecular weight is 454 g/mol. The number of nitrogens with two attached hydrogens (primary N) is 1. The first-order valence-corrected chi connectivity index (χ1v) is 10.6. The van der Waals surface area contributed by atoms with Crippen LogP contribution in [0.25, 0.3) is 11.3 Å². The molecule has 0 saturated carbocycles. The van der Waals surface area contributed by atoms with Crippen LogP contribution in [0.1, 0.15) is 26.4 Å². The molecule has 8 nitrogen and oxygen atoms in total. The van der Waals surface area contributed by atoms with Crippen LogP contribution in [0.2, 0.25) is 0 Å². The highest BCUT2D eigenvalue weighted by Gasteiger charge is 2.14. The molecule has 4 N–H and O–H groups in total. The van der Waals surface area contributed by atoms with Crippen LogP contribution in [-0.2, 0) is 6.54 Å². The number of anilines is 1. The number of nitrogen functional groups attached to an aromatic ring is 1. The number of hydrogen-bond acceptors (Lipinski definition) is 6. The molecule has 0 aliphatic rings. The standard InChI is InChI=1S/C26H23N5O3/c1-28-26(33)23-24(27)29-16-22(31-23)18-6-5-7-19(14-18)25(32)30-15-17-10-12-21(13-11-17)34-20-8-3-2-4-9-20/h2-14,16H,15H2,1H3,(H2,27,29)(H,28,33)(H,30,32). The van der Waals surface area contributed by atoms with E-state index >= 15 is 0 Å². The molecule has 0 aliphatic heterocycles. The topological polar surface area (TPSA) is 119 Å². The van der Waals surface area contributed by atoms with Crippen LogP contribution in [0.3, 0.4) is 0 Å². The summed E-state index contributed by atoms with van der Waals surface area (Å²) < 4.78 is 5.79. The third kappa shape index (κ3) is 5.36. The number of benzene rings is 3. The van der Waals surface area contributed by atoms with E-state index in [-0.39, 0.29) is 17.4 Å². The van der Waals surface area contributed by atoms with Gasteiger partial charge in [0.1, 0.15) is 11.5 Å². The van der Waals surface area contributed by atoms with E-state index < -0.39 is 5.91 Å². The average Bonchev–Trinajstić information content (AvgIpc) is 2.88. The van der Waals surface area contributed by atoms with Gasteiger partial charge >= 0.3 is 0 Å². The van der Waals surface area contributed by atoms with Crippen molar-refractivity contribution in [2.75, 3.05) is 12.8 Å². The first-order chi connectivity index (χ1) is 16.5. The molecule has 1 heterocycles. The van der Waals surface area contributed by atoms with E-state index in [1.54, 1.807) is 24.3 Å². The Morgan fingerprint density at radius 2 is 1.65 bits per heavy atom. The molecule has 0 unspecified atom stereocenters. The number of hydrogen-bond donors (Lipinski definition) is 3. The molecule has 0 fully saturated rings. The highest BCUT2D eigenvalue weighted by Crippen LogP contribution is 2.22. The van der Waals surface area contributed by atoms with Gasteiger partial charge < -0.3 is 21.1 Å². The molecule has 34 heavy (non-hydrogen) atoms. The summed E-state index contributed by atoms with van der Waals surface area (Å²) in [6.45, 7) is 0.358. The summed E-state index contributed by atoms with van der Waals surface area (Å²) in [6, 6.07) is 24.0. The largest absolute Gasteiger partial charge is 0.457 e. The molecule has 4 rings (SSSR count). The number of nitrogens with zero attached hydrogens (tertiary/aromatic N) is 2. The molecule has 0 bridgehead atoms. The first kappa shape index (κ1) is 22.5. The van der Waals surface area contributed by atoms with Crippen molar-refractivity contribution in [2.45, 2.75) is 6.54 Å². The summed E-state index contributed by atoms with van der Waals surface area (Å²) in [5.74, 6) is 0.853. The van der Waals surface area contributed by atoms with Crippen LogP contribution in [-0.4, -0.2) is 28.8 Å². The minimum atomic E-state index is -0.430. The van der Waals surface area contributed by atoms with Gasteiger partial charge in [-0.1, -0.05) is 42.5 Å². The molecule has 0 aliphatic carbocycles. The molecule has 4 aromatic rings. The van der Waals surface area contributed by atoms with E-state index in [9.17, 15) is 9.59 Å². The summed E-state index contributed by atoms with van der Waals surface area (Å²) in [7, 11) is 1.49. The minimum Gasteiger partial charge on any atom is -0.457 e. The van der Waals surface area contributed by atoms with Crippen LogP contribution >= 0.6 is 0 Å². The van der Waals surface area contributed by atoms with Gasteiger partial charge in [0, 0.05) is 24.7 Å². The van der Waals surface area contributed by atoms with Crippen molar-refractivity contribution < 1.29 is 14.3 Å². The summed E-state index contributed by atoms with van der Waals surface area (Å²) in [5.41, 5.74) is 8.28. The van der Waals surface area contributed by atoms with Crippen molar-refractivity contribution in [1.82, 2.24) is 20.6 Å². The Bertz CT molecular complexity index is 1310. The second kappa shape index (κ2) is 10.3. The maximum atomic E-state index is 12.7. The second-order valence-electron chi connectivity index (χ2n) is 7.39. The van der Waals surface area contributed by atoms with E-state index in [4.69, 9.17) is 10.5 Å². The van der Waals surface area contributed by atoms with Gasteiger partial charge in [0.25, 0.3) is 11.8 Å². The summed E-state index contributed by atoms with van der Waals surface area (Å²) >= 11 is 0. The number of rotatable bonds is 7. The molecule has 0 saturated heterocycles. The monoisotopic (exact) mass is 453 g/mol. The number of carbonyl (C=O) groups excluding carboxylic acids is 2. The molecule has 2 amide bonds. The second-order valence-corrected chi connectivity index (χ2v) is 7.39. The molecule has 0 atom stereocenters. The van der Waals surface area contributed by atoms with Crippen LogP contribution in [0, 0.1) is 0 Å². The molecule has 1 aromatic heterocycles. The van der Waals surface area contributed by atoms with E-state index in [0.29, 0.717) is 23.4 Å². The zero-order valence-corrected chi connectivity index (χ0v) is 18.5. The van der Waals surface area contributed by atoms with Crippen LogP contribution < -0.4 is 21.1 Å². The normalized spacial score (nSPS) is 10.4. The van der Waals surface area contributed by atoms with Gasteiger partial charge in [0.15, 0.2) is 11.5 Å². The molecular weight excluding hydrogens is 430 g/mol. The molecule has 3 aromatic carbocycles. The van der Waals surface area contributed by atoms with Crippen molar-refractivity contribution >= 4 is 17.6 Å². The lowest BCUT2D eigenvalue weighted by Crippen LogP contribution is -2.23. The Morgan fingerprint density at radius 3 is 2.38 bits per heavy atom. The number of ether oxygens (including phenoxy) is 1. The maximum absolute atomic E-state index is 12.7. The number of aromatic nitrogens is 2. The van der Waals surface area contributed by atoms with Crippen LogP contribution in [0.4, 0.5) is 5.82 Å². The Balaban J connectivity index is 1.41. The highest BCUT2D eigenvalue weighted by molar-refractivity contribution is 5.97. The van der Waals surface area contributed by atoms with E-state index in [1.807, 2.05) is 54.6 Å². The van der Waals surface area contributed by atoms with Gasteiger partial charge in [-0.25, -0.2) is 9.97 Å². The van der Waals surface area contributed by atoms with E-state index in [0.717, 1.165) is 17.1 Å². The molecule has 0 spiro atoms. The van der Waals surface area contributed by atoms with Crippen molar-refractivity contribution in [1.29, 1.82) is 0 Å². The maximum Gasteiger partial charge on any atom is 0.273 e. The number of amides is 2. The van der Waals surface area contributed by atoms with Gasteiger partial charge in [-0.05, 0) is 42.0 Å². The highest BCUT2D eigenvalue weighted by atomic mass is 16.5. The van der Waals surface area contributed by atoms with Gasteiger partial charge in [-0.2, -0.15) is 0 Å². The van der Waals surface area contributed by atoms with E-state index in [1.165, 1.54) is 13.2 Å². The number of nitrogens with one attached hydrogen (secondary N) is 2. The summed E-state index contributed by atoms with van der Waals surface area (Å²) in [4.78, 5) is 33.0. The Morgan fingerprint density at radius 1 is 0.912 bits per heavy atom. The third-order valence-electron chi connectivity index (χ3n) is 5.02. The van der Waals surface area contributed by atoms with E-state index in [2.05, 4.69) is 20.6 Å². The zero-order valence-electron chi connectivity index (χ0n) is 18.5. The van der Waals surface area contributed by atoms with Crippen LogP contribution in [0.15, 0.2) is 85.1 Å². The predicted octanol–water partition coefficient (Wildman–Crippen LogP) is 3.81. The van der Waals surface area contributed by atoms with Crippen molar-refractivity contribution in [3.8, 4) is 22.8 Å². The van der Waals surface area contributed by atoms with Crippen LogP contribution in [0.5, 0.6) is 11.5 Å². The zero-order chi connectivity index (χ0) is 23.9. The van der Waals surface area contributed by atoms with Gasteiger partial charge in [-0.3, -0.25) is 9.59 Å². The Labute approximate surface area is 196 Å². The lowest BCUT2D eigenvalue weighted by atomic mass is 10.1. The lowest BCUT2D eigenvalue weighted by Gasteiger charge is -2.09. The summed E-state index contributed by atoms with van der Waals surface area (Å²) in [6.07, 6.45) is 1.47. The van der Waals surface area contributed by atoms with Crippen molar-refractivity contribution in [2.24, 2.45) is 0 Å². The first-order valence-electron chi connectivity index (χ1n) is 10.6. The smallest absolute Gasteiger partial charge is 0.273 e. The fourth-order valence-corrected chi connectivity index (χ4v) is 3.23.